The molecule has 0 aliphatic carbocycles. The zero-order valence-electron chi connectivity index (χ0n) is 16.1. The molecule has 3 aromatic rings. The van der Waals surface area contributed by atoms with Gasteiger partial charge in [0.25, 0.3) is 5.56 Å². The quantitative estimate of drug-likeness (QED) is 0.691. The molecule has 1 fully saturated rings. The smallest absolute Gasteiger partial charge is 0.291 e. The molecule has 4 heterocycles. The summed E-state index contributed by atoms with van der Waals surface area (Å²) in [5.74, 6) is 2.12. The van der Waals surface area contributed by atoms with Gasteiger partial charge in [-0.15, -0.1) is 11.3 Å². The Morgan fingerprint density at radius 2 is 2.00 bits per heavy atom. The third-order valence-electron chi connectivity index (χ3n) is 5.45. The SMILES string of the molecule is Cc1nn(CCCC(=O)N2C[C@H](C)C[C@H](C)C2)c(=O)c2cc3sccc3n12. The van der Waals surface area contributed by atoms with Gasteiger partial charge in [0, 0.05) is 26.1 Å². The molecule has 7 heteroatoms. The van der Waals surface area contributed by atoms with Crippen LogP contribution in [0.4, 0.5) is 0 Å². The molecule has 0 aromatic carbocycles. The number of carbonyl (C=O) groups excluding carboxylic acids is 1. The molecule has 1 saturated heterocycles. The van der Waals surface area contributed by atoms with Gasteiger partial charge in [-0.1, -0.05) is 13.8 Å². The summed E-state index contributed by atoms with van der Waals surface area (Å²) >= 11 is 1.63. The van der Waals surface area contributed by atoms with E-state index in [1.54, 1.807) is 11.3 Å². The molecule has 144 valence electrons. The number of piperidine rings is 1. The van der Waals surface area contributed by atoms with E-state index < -0.39 is 0 Å². The maximum atomic E-state index is 12.8. The van der Waals surface area contributed by atoms with E-state index in [2.05, 4.69) is 18.9 Å². The fraction of sp³-hybridized carbons (Fsp3) is 0.550. The Morgan fingerprint density at radius 3 is 2.74 bits per heavy atom. The largest absolute Gasteiger partial charge is 0.342 e. The molecule has 0 N–H and O–H groups in total. The van der Waals surface area contributed by atoms with Crippen LogP contribution in [0.1, 0.15) is 38.9 Å². The minimum absolute atomic E-state index is 0.0864. The maximum Gasteiger partial charge on any atom is 0.291 e. The van der Waals surface area contributed by atoms with Gasteiger partial charge >= 0.3 is 0 Å². The van der Waals surface area contributed by atoms with Crippen molar-refractivity contribution < 1.29 is 4.79 Å². The van der Waals surface area contributed by atoms with Gasteiger partial charge in [-0.2, -0.15) is 5.10 Å². The summed E-state index contributed by atoms with van der Waals surface area (Å²) in [5.41, 5.74) is 1.61. The van der Waals surface area contributed by atoms with Crippen molar-refractivity contribution in [3.05, 3.63) is 33.7 Å². The lowest BCUT2D eigenvalue weighted by atomic mass is 9.91. The van der Waals surface area contributed by atoms with E-state index in [0.717, 1.165) is 29.1 Å². The maximum absolute atomic E-state index is 12.8. The van der Waals surface area contributed by atoms with E-state index in [4.69, 9.17) is 0 Å². The van der Waals surface area contributed by atoms with E-state index in [0.29, 0.717) is 36.7 Å². The highest BCUT2D eigenvalue weighted by atomic mass is 32.1. The minimum Gasteiger partial charge on any atom is -0.342 e. The van der Waals surface area contributed by atoms with E-state index >= 15 is 0 Å². The number of hydrogen-bond donors (Lipinski definition) is 0. The molecule has 6 nitrogen and oxygen atoms in total. The Labute approximate surface area is 162 Å². The summed E-state index contributed by atoms with van der Waals surface area (Å²) in [5, 5.41) is 6.51. The number of hydrogen-bond acceptors (Lipinski definition) is 4. The molecular formula is C20H26N4O2S. The van der Waals surface area contributed by atoms with Gasteiger partial charge in [-0.3, -0.25) is 14.0 Å². The fourth-order valence-electron chi connectivity index (χ4n) is 4.38. The van der Waals surface area contributed by atoms with Crippen LogP contribution in [-0.2, 0) is 11.3 Å². The number of rotatable bonds is 4. The third-order valence-corrected chi connectivity index (χ3v) is 6.30. The fourth-order valence-corrected chi connectivity index (χ4v) is 5.19. The highest BCUT2D eigenvalue weighted by Gasteiger charge is 2.25. The molecule has 27 heavy (non-hydrogen) atoms. The standard InChI is InChI=1S/C20H26N4O2S/c1-13-9-14(2)12-22(11-13)19(25)5-4-7-23-20(26)17-10-18-16(6-8-27-18)24(17)15(3)21-23/h6,8,10,13-14H,4-5,7,9,11-12H2,1-3H3/t13-,14+. The number of fused-ring (bicyclic) bond motifs is 3. The van der Waals surface area contributed by atoms with Crippen molar-refractivity contribution in [1.29, 1.82) is 0 Å². The van der Waals surface area contributed by atoms with Gasteiger partial charge in [0.15, 0.2) is 0 Å². The Kier molecular flexibility index (Phi) is 4.80. The van der Waals surface area contributed by atoms with Gasteiger partial charge in [0.05, 0.1) is 10.2 Å². The van der Waals surface area contributed by atoms with Crippen molar-refractivity contribution >= 4 is 33.0 Å². The third kappa shape index (κ3) is 3.40. The molecule has 0 radical (unpaired) electrons. The van der Waals surface area contributed by atoms with Crippen molar-refractivity contribution in [2.24, 2.45) is 11.8 Å². The van der Waals surface area contributed by atoms with Crippen LogP contribution >= 0.6 is 11.3 Å². The first-order valence-electron chi connectivity index (χ1n) is 9.68. The first-order valence-corrected chi connectivity index (χ1v) is 10.6. The number of amides is 1. The molecule has 0 bridgehead atoms. The number of aryl methyl sites for hydroxylation is 2. The lowest BCUT2D eigenvalue weighted by molar-refractivity contribution is -0.134. The summed E-state index contributed by atoms with van der Waals surface area (Å²) in [6, 6.07) is 3.96. The van der Waals surface area contributed by atoms with Crippen molar-refractivity contribution in [1.82, 2.24) is 19.1 Å². The lowest BCUT2D eigenvalue weighted by Gasteiger charge is -2.35. The van der Waals surface area contributed by atoms with E-state index in [-0.39, 0.29) is 11.5 Å². The summed E-state index contributed by atoms with van der Waals surface area (Å²) in [7, 11) is 0. The molecule has 2 atom stereocenters. The summed E-state index contributed by atoms with van der Waals surface area (Å²) in [6.07, 6.45) is 2.29. The number of carbonyl (C=O) groups is 1. The molecule has 3 aromatic heterocycles. The minimum atomic E-state index is -0.0864. The second kappa shape index (κ2) is 7.11. The predicted octanol–water partition coefficient (Wildman–Crippen LogP) is 3.30. The Balaban J connectivity index is 1.47. The summed E-state index contributed by atoms with van der Waals surface area (Å²) in [4.78, 5) is 27.3. The summed E-state index contributed by atoms with van der Waals surface area (Å²) < 4.78 is 4.54. The van der Waals surface area contributed by atoms with Crippen molar-refractivity contribution in [3.63, 3.8) is 0 Å². The molecule has 0 spiro atoms. The van der Waals surface area contributed by atoms with Crippen LogP contribution < -0.4 is 5.56 Å². The molecule has 1 aliphatic rings. The zero-order chi connectivity index (χ0) is 19.1. The van der Waals surface area contributed by atoms with Gasteiger partial charge < -0.3 is 4.90 Å². The van der Waals surface area contributed by atoms with Gasteiger partial charge in [-0.05, 0) is 49.1 Å². The molecule has 0 saturated carbocycles. The summed E-state index contributed by atoms with van der Waals surface area (Å²) in [6.45, 7) is 8.52. The van der Waals surface area contributed by atoms with Gasteiger partial charge in [0.2, 0.25) is 5.91 Å². The highest BCUT2D eigenvalue weighted by molar-refractivity contribution is 7.17. The van der Waals surface area contributed by atoms with Crippen LogP contribution in [0.15, 0.2) is 22.3 Å². The number of nitrogens with zero attached hydrogens (tertiary/aromatic N) is 4. The van der Waals surface area contributed by atoms with E-state index in [9.17, 15) is 9.59 Å². The molecule has 1 amide bonds. The van der Waals surface area contributed by atoms with Crippen LogP contribution in [-0.4, -0.2) is 38.1 Å². The average molecular weight is 387 g/mol. The van der Waals surface area contributed by atoms with Crippen LogP contribution in [0.3, 0.4) is 0 Å². The van der Waals surface area contributed by atoms with Crippen molar-refractivity contribution in [3.8, 4) is 0 Å². The molecular weight excluding hydrogens is 360 g/mol. The number of likely N-dealkylation sites (tertiary alicyclic amines) is 1. The Hall–Kier alpha value is -2.15. The zero-order valence-corrected chi connectivity index (χ0v) is 17.0. The first-order chi connectivity index (χ1) is 12.9. The van der Waals surface area contributed by atoms with Crippen LogP contribution in [0.2, 0.25) is 0 Å². The second-order valence-electron chi connectivity index (χ2n) is 7.96. The van der Waals surface area contributed by atoms with Gasteiger partial charge in [0.1, 0.15) is 11.3 Å². The molecule has 0 unspecified atom stereocenters. The van der Waals surface area contributed by atoms with Crippen LogP contribution in [0.25, 0.3) is 15.7 Å². The Morgan fingerprint density at radius 1 is 1.26 bits per heavy atom. The van der Waals surface area contributed by atoms with E-state index in [1.807, 2.05) is 33.7 Å². The lowest BCUT2D eigenvalue weighted by Crippen LogP contribution is -2.42. The average Bonchev–Trinajstić information content (AvgIpc) is 3.19. The normalized spacial score (nSPS) is 20.6. The molecule has 4 rings (SSSR count). The number of aromatic nitrogens is 3. The van der Waals surface area contributed by atoms with Crippen molar-refractivity contribution in [2.45, 2.75) is 46.6 Å². The monoisotopic (exact) mass is 386 g/mol. The van der Waals surface area contributed by atoms with Crippen molar-refractivity contribution in [2.75, 3.05) is 13.1 Å². The molecule has 1 aliphatic heterocycles. The first kappa shape index (κ1) is 18.2. The number of thiophene rings is 1. The van der Waals surface area contributed by atoms with Crippen LogP contribution in [0, 0.1) is 18.8 Å². The van der Waals surface area contributed by atoms with Crippen LogP contribution in [0.5, 0.6) is 0 Å². The van der Waals surface area contributed by atoms with Gasteiger partial charge in [-0.25, -0.2) is 4.68 Å². The Bertz CT molecular complexity index is 1040. The predicted molar refractivity (Wildman–Crippen MR) is 108 cm³/mol. The topological polar surface area (TPSA) is 59.6 Å². The van der Waals surface area contributed by atoms with E-state index in [1.165, 1.54) is 11.1 Å². The second-order valence-corrected chi connectivity index (χ2v) is 8.91. The highest BCUT2D eigenvalue weighted by Crippen LogP contribution is 2.24.